The molecular formula is C14H20FN5. The highest BCUT2D eigenvalue weighted by molar-refractivity contribution is 5.59. The SMILES string of the molecule is CCCCCC(C)n1nnnc1-c1ccc(N)cc1F. The molecule has 2 aromatic rings. The lowest BCUT2D eigenvalue weighted by molar-refractivity contribution is 0.431. The maximum absolute atomic E-state index is 14.0. The molecule has 0 aliphatic carbocycles. The molecule has 0 bridgehead atoms. The molecule has 1 aromatic carbocycles. The van der Waals surface area contributed by atoms with Crippen LogP contribution in [0.25, 0.3) is 11.4 Å². The highest BCUT2D eigenvalue weighted by Gasteiger charge is 2.17. The highest BCUT2D eigenvalue weighted by Crippen LogP contribution is 2.25. The van der Waals surface area contributed by atoms with Crippen molar-refractivity contribution in [3.63, 3.8) is 0 Å². The Morgan fingerprint density at radius 2 is 2.15 bits per heavy atom. The van der Waals surface area contributed by atoms with Crippen molar-refractivity contribution in [2.45, 2.75) is 45.6 Å². The first-order valence-electron chi connectivity index (χ1n) is 6.96. The predicted molar refractivity (Wildman–Crippen MR) is 76.5 cm³/mol. The standard InChI is InChI=1S/C14H20FN5/c1-3-4-5-6-10(2)20-14(17-18-19-20)12-8-7-11(16)9-13(12)15/h7-10H,3-6,16H2,1-2H3. The predicted octanol–water partition coefficient (Wildman–Crippen LogP) is 3.20. The van der Waals surface area contributed by atoms with Crippen molar-refractivity contribution >= 4 is 5.69 Å². The number of hydrogen-bond acceptors (Lipinski definition) is 4. The van der Waals surface area contributed by atoms with Crippen molar-refractivity contribution < 1.29 is 4.39 Å². The van der Waals surface area contributed by atoms with Crippen LogP contribution in [-0.2, 0) is 0 Å². The van der Waals surface area contributed by atoms with Gasteiger partial charge in [-0.3, -0.25) is 0 Å². The summed E-state index contributed by atoms with van der Waals surface area (Å²) in [5.74, 6) is 0.0494. The van der Waals surface area contributed by atoms with Gasteiger partial charge in [0.1, 0.15) is 5.82 Å². The summed E-state index contributed by atoms with van der Waals surface area (Å²) in [5, 5.41) is 11.6. The molecule has 1 atom stereocenters. The zero-order valence-corrected chi connectivity index (χ0v) is 11.9. The number of aromatic nitrogens is 4. The third-order valence-electron chi connectivity index (χ3n) is 3.37. The van der Waals surface area contributed by atoms with E-state index in [1.165, 1.54) is 18.9 Å². The Morgan fingerprint density at radius 3 is 2.85 bits per heavy atom. The molecule has 20 heavy (non-hydrogen) atoms. The molecule has 0 radical (unpaired) electrons. The van der Waals surface area contributed by atoms with Gasteiger partial charge in [-0.1, -0.05) is 26.2 Å². The Kier molecular flexibility index (Phi) is 4.65. The third kappa shape index (κ3) is 3.12. The van der Waals surface area contributed by atoms with Crippen LogP contribution in [0.2, 0.25) is 0 Å². The van der Waals surface area contributed by atoms with Gasteiger partial charge < -0.3 is 5.73 Å². The molecule has 0 saturated heterocycles. The van der Waals surface area contributed by atoms with E-state index >= 15 is 0 Å². The van der Waals surface area contributed by atoms with E-state index in [0.717, 1.165) is 12.8 Å². The van der Waals surface area contributed by atoms with Crippen LogP contribution in [0.15, 0.2) is 18.2 Å². The lowest BCUT2D eigenvalue weighted by atomic mass is 10.1. The molecule has 1 aromatic heterocycles. The fraction of sp³-hybridized carbons (Fsp3) is 0.500. The summed E-state index contributed by atoms with van der Waals surface area (Å²) in [5.41, 5.74) is 6.33. The van der Waals surface area contributed by atoms with Crippen LogP contribution < -0.4 is 5.73 Å². The molecule has 0 amide bonds. The van der Waals surface area contributed by atoms with Crippen molar-refractivity contribution in [2.24, 2.45) is 0 Å². The largest absolute Gasteiger partial charge is 0.399 e. The van der Waals surface area contributed by atoms with E-state index in [1.807, 2.05) is 6.92 Å². The Labute approximate surface area is 118 Å². The minimum atomic E-state index is -0.401. The van der Waals surface area contributed by atoms with E-state index in [2.05, 4.69) is 22.4 Å². The molecule has 1 heterocycles. The van der Waals surface area contributed by atoms with Crippen molar-refractivity contribution in [2.75, 3.05) is 5.73 Å². The van der Waals surface area contributed by atoms with Gasteiger partial charge >= 0.3 is 0 Å². The maximum Gasteiger partial charge on any atom is 0.185 e. The number of hydrogen-bond donors (Lipinski definition) is 1. The molecule has 0 aliphatic rings. The molecule has 6 heteroatoms. The van der Waals surface area contributed by atoms with E-state index in [-0.39, 0.29) is 6.04 Å². The van der Waals surface area contributed by atoms with E-state index in [1.54, 1.807) is 16.8 Å². The Balaban J connectivity index is 2.23. The number of rotatable bonds is 6. The number of tetrazole rings is 1. The van der Waals surface area contributed by atoms with Crippen LogP contribution in [0.1, 0.15) is 45.6 Å². The minimum absolute atomic E-state index is 0.142. The van der Waals surface area contributed by atoms with Crippen LogP contribution in [-0.4, -0.2) is 20.2 Å². The molecule has 0 fully saturated rings. The van der Waals surface area contributed by atoms with Gasteiger partial charge in [-0.25, -0.2) is 9.07 Å². The molecular weight excluding hydrogens is 257 g/mol. The summed E-state index contributed by atoms with van der Waals surface area (Å²) in [4.78, 5) is 0. The number of halogens is 1. The molecule has 5 nitrogen and oxygen atoms in total. The van der Waals surface area contributed by atoms with Crippen LogP contribution in [0.5, 0.6) is 0 Å². The first-order chi connectivity index (χ1) is 9.63. The second-order valence-corrected chi connectivity index (χ2v) is 5.03. The fourth-order valence-corrected chi connectivity index (χ4v) is 2.19. The normalized spacial score (nSPS) is 12.6. The zero-order chi connectivity index (χ0) is 14.5. The van der Waals surface area contributed by atoms with E-state index in [9.17, 15) is 4.39 Å². The summed E-state index contributed by atoms with van der Waals surface area (Å²) in [6.07, 6.45) is 4.43. The second-order valence-electron chi connectivity index (χ2n) is 5.03. The van der Waals surface area contributed by atoms with Crippen molar-refractivity contribution in [3.8, 4) is 11.4 Å². The number of nitrogens with two attached hydrogens (primary N) is 1. The number of nitrogen functional groups attached to an aromatic ring is 1. The number of anilines is 1. The Hall–Kier alpha value is -1.98. The quantitative estimate of drug-likeness (QED) is 0.650. The highest BCUT2D eigenvalue weighted by atomic mass is 19.1. The lowest BCUT2D eigenvalue weighted by Gasteiger charge is -2.13. The summed E-state index contributed by atoms with van der Waals surface area (Å²) in [6, 6.07) is 4.70. The minimum Gasteiger partial charge on any atom is -0.399 e. The Morgan fingerprint density at radius 1 is 1.35 bits per heavy atom. The number of nitrogens with zero attached hydrogens (tertiary/aromatic N) is 4. The topological polar surface area (TPSA) is 69.6 Å². The van der Waals surface area contributed by atoms with Gasteiger partial charge in [0.05, 0.1) is 11.6 Å². The molecule has 2 N–H and O–H groups in total. The average molecular weight is 277 g/mol. The summed E-state index contributed by atoms with van der Waals surface area (Å²) in [6.45, 7) is 4.21. The zero-order valence-electron chi connectivity index (χ0n) is 11.9. The van der Waals surface area contributed by atoms with Crippen LogP contribution in [0.3, 0.4) is 0 Å². The molecule has 2 rings (SSSR count). The monoisotopic (exact) mass is 277 g/mol. The summed E-state index contributed by atoms with van der Waals surface area (Å²) in [7, 11) is 0. The van der Waals surface area contributed by atoms with Crippen LogP contribution in [0, 0.1) is 5.82 Å². The van der Waals surface area contributed by atoms with Gasteiger partial charge in [0.2, 0.25) is 0 Å². The van der Waals surface area contributed by atoms with Crippen molar-refractivity contribution in [1.82, 2.24) is 20.2 Å². The van der Waals surface area contributed by atoms with E-state index in [4.69, 9.17) is 5.73 Å². The van der Waals surface area contributed by atoms with Crippen LogP contribution >= 0.6 is 0 Å². The van der Waals surface area contributed by atoms with Crippen molar-refractivity contribution in [1.29, 1.82) is 0 Å². The molecule has 0 saturated carbocycles. The third-order valence-corrected chi connectivity index (χ3v) is 3.37. The van der Waals surface area contributed by atoms with Crippen molar-refractivity contribution in [3.05, 3.63) is 24.0 Å². The van der Waals surface area contributed by atoms with Gasteiger partial charge in [-0.05, 0) is 42.0 Å². The second kappa shape index (κ2) is 6.45. The van der Waals surface area contributed by atoms with Gasteiger partial charge in [0, 0.05) is 5.69 Å². The van der Waals surface area contributed by atoms with Crippen LogP contribution in [0.4, 0.5) is 10.1 Å². The fourth-order valence-electron chi connectivity index (χ4n) is 2.19. The molecule has 108 valence electrons. The van der Waals surface area contributed by atoms with Gasteiger partial charge in [0.25, 0.3) is 0 Å². The molecule has 0 spiro atoms. The smallest absolute Gasteiger partial charge is 0.185 e. The first-order valence-corrected chi connectivity index (χ1v) is 6.96. The van der Waals surface area contributed by atoms with Gasteiger partial charge in [-0.15, -0.1) is 5.10 Å². The van der Waals surface area contributed by atoms with Gasteiger partial charge in [0.15, 0.2) is 5.82 Å². The number of unbranched alkanes of at least 4 members (excludes halogenated alkanes) is 2. The first kappa shape index (κ1) is 14.4. The summed E-state index contributed by atoms with van der Waals surface area (Å²) < 4.78 is 15.7. The number of benzene rings is 1. The maximum atomic E-state index is 14.0. The average Bonchev–Trinajstić information content (AvgIpc) is 2.88. The Bertz CT molecular complexity index is 566. The van der Waals surface area contributed by atoms with E-state index < -0.39 is 5.82 Å². The molecule has 0 aliphatic heterocycles. The lowest BCUT2D eigenvalue weighted by Crippen LogP contribution is -2.10. The molecule has 1 unspecified atom stereocenters. The summed E-state index contributed by atoms with van der Waals surface area (Å²) >= 11 is 0. The van der Waals surface area contributed by atoms with E-state index in [0.29, 0.717) is 17.1 Å². The van der Waals surface area contributed by atoms with Gasteiger partial charge in [-0.2, -0.15) is 0 Å².